The number of amides is 3. The Hall–Kier alpha value is -2.68. The molecule has 2 aliphatic rings. The van der Waals surface area contributed by atoms with E-state index in [-0.39, 0.29) is 11.3 Å². The number of ether oxygens (including phenoxy) is 2. The monoisotopic (exact) mass is 433 g/mol. The summed E-state index contributed by atoms with van der Waals surface area (Å²) in [5, 5.41) is 4.84. The Labute approximate surface area is 180 Å². The van der Waals surface area contributed by atoms with Crippen molar-refractivity contribution in [3.63, 3.8) is 0 Å². The lowest BCUT2D eigenvalue weighted by atomic mass is 10.0. The molecule has 0 spiro atoms. The molecule has 2 N–H and O–H groups in total. The molecule has 1 atom stereocenters. The van der Waals surface area contributed by atoms with Gasteiger partial charge in [0.2, 0.25) is 0 Å². The summed E-state index contributed by atoms with van der Waals surface area (Å²) in [6.45, 7) is 6.85. The number of para-hydroxylation sites is 1. The first kappa shape index (κ1) is 22.0. The summed E-state index contributed by atoms with van der Waals surface area (Å²) in [5.74, 6) is 0.263. The first-order chi connectivity index (χ1) is 14.2. The van der Waals surface area contributed by atoms with E-state index in [1.165, 1.54) is 0 Å². The number of carbonyl (C=O) groups excluding carboxylic acids is 3. The molecule has 0 aromatic heterocycles. The molecule has 1 aromatic rings. The second-order valence-corrected chi connectivity index (χ2v) is 9.20. The Morgan fingerprint density at radius 1 is 1.33 bits per heavy atom. The number of anilines is 1. The first-order valence-electron chi connectivity index (χ1n) is 9.82. The van der Waals surface area contributed by atoms with Gasteiger partial charge in [-0.05, 0) is 57.5 Å². The second kappa shape index (κ2) is 8.99. The number of piperidine rings is 1. The van der Waals surface area contributed by atoms with E-state index in [0.717, 1.165) is 42.4 Å². The molecule has 1 aromatic carbocycles. The van der Waals surface area contributed by atoms with Gasteiger partial charge in [-0.25, -0.2) is 4.79 Å². The molecule has 3 rings (SSSR count). The zero-order chi connectivity index (χ0) is 21.9. The van der Waals surface area contributed by atoms with Crippen LogP contribution >= 0.6 is 11.8 Å². The summed E-state index contributed by atoms with van der Waals surface area (Å²) in [4.78, 5) is 38.2. The molecule has 0 saturated carbocycles. The van der Waals surface area contributed by atoms with E-state index in [0.29, 0.717) is 17.2 Å². The summed E-state index contributed by atoms with van der Waals surface area (Å²) in [6.07, 6.45) is 2.98. The number of imide groups is 1. The third kappa shape index (κ3) is 5.47. The van der Waals surface area contributed by atoms with Crippen LogP contribution in [0.3, 0.4) is 0 Å². The number of alkyl carbamates (subject to hydrolysis) is 1. The SMILES string of the molecule is COc1cccc(/C=C2/SC(=O)NC2=O)c1N1CCCC(NC(=O)OC(C)(C)C)C1. The molecule has 8 nitrogen and oxygen atoms in total. The minimum absolute atomic E-state index is 0.0789. The maximum atomic E-state index is 12.2. The number of benzene rings is 1. The number of nitrogens with zero attached hydrogens (tertiary/aromatic N) is 1. The van der Waals surface area contributed by atoms with Gasteiger partial charge >= 0.3 is 6.09 Å². The zero-order valence-corrected chi connectivity index (χ0v) is 18.4. The summed E-state index contributed by atoms with van der Waals surface area (Å²) in [6, 6.07) is 5.50. The van der Waals surface area contributed by atoms with Crippen molar-refractivity contribution in [2.75, 3.05) is 25.1 Å². The minimum atomic E-state index is -0.558. The number of methoxy groups -OCH3 is 1. The average Bonchev–Trinajstić information content (AvgIpc) is 2.97. The average molecular weight is 434 g/mol. The molecular formula is C21H27N3O5S. The molecule has 0 aliphatic carbocycles. The highest BCUT2D eigenvalue weighted by Gasteiger charge is 2.29. The summed E-state index contributed by atoms with van der Waals surface area (Å²) in [7, 11) is 1.59. The minimum Gasteiger partial charge on any atom is -0.495 e. The van der Waals surface area contributed by atoms with Crippen molar-refractivity contribution in [3.05, 3.63) is 28.7 Å². The third-order valence-electron chi connectivity index (χ3n) is 4.64. The molecule has 0 radical (unpaired) electrons. The molecule has 2 fully saturated rings. The van der Waals surface area contributed by atoms with Crippen LogP contribution in [0.5, 0.6) is 5.75 Å². The van der Waals surface area contributed by atoms with Crippen molar-refractivity contribution in [1.29, 1.82) is 0 Å². The van der Waals surface area contributed by atoms with Crippen molar-refractivity contribution >= 4 is 40.8 Å². The van der Waals surface area contributed by atoms with E-state index in [9.17, 15) is 14.4 Å². The van der Waals surface area contributed by atoms with Crippen LogP contribution < -0.4 is 20.3 Å². The van der Waals surface area contributed by atoms with Crippen LogP contribution in [0, 0.1) is 0 Å². The smallest absolute Gasteiger partial charge is 0.407 e. The Balaban J connectivity index is 1.83. The molecule has 2 aliphatic heterocycles. The first-order valence-corrected chi connectivity index (χ1v) is 10.6. The van der Waals surface area contributed by atoms with Gasteiger partial charge < -0.3 is 19.7 Å². The van der Waals surface area contributed by atoms with Crippen LogP contribution in [0.15, 0.2) is 23.1 Å². The Bertz CT molecular complexity index is 878. The van der Waals surface area contributed by atoms with Gasteiger partial charge in [0.05, 0.1) is 17.7 Å². The lowest BCUT2D eigenvalue weighted by Crippen LogP contribution is -2.49. The fraction of sp³-hybridized carbons (Fsp3) is 0.476. The number of hydrogen-bond donors (Lipinski definition) is 2. The molecular weight excluding hydrogens is 406 g/mol. The van der Waals surface area contributed by atoms with E-state index < -0.39 is 17.6 Å². The lowest BCUT2D eigenvalue weighted by Gasteiger charge is -2.36. The van der Waals surface area contributed by atoms with Gasteiger partial charge in [0, 0.05) is 24.7 Å². The van der Waals surface area contributed by atoms with Crippen molar-refractivity contribution in [2.24, 2.45) is 0 Å². The number of rotatable bonds is 4. The Morgan fingerprint density at radius 3 is 2.73 bits per heavy atom. The van der Waals surface area contributed by atoms with E-state index in [1.807, 2.05) is 39.0 Å². The zero-order valence-electron chi connectivity index (χ0n) is 17.6. The summed E-state index contributed by atoms with van der Waals surface area (Å²) in [5.41, 5.74) is 1.05. The third-order valence-corrected chi connectivity index (χ3v) is 5.45. The number of nitrogens with one attached hydrogen (secondary N) is 2. The predicted molar refractivity (Wildman–Crippen MR) is 117 cm³/mol. The Kier molecular flexibility index (Phi) is 6.60. The highest BCUT2D eigenvalue weighted by Crippen LogP contribution is 2.37. The fourth-order valence-corrected chi connectivity index (χ4v) is 4.17. The van der Waals surface area contributed by atoms with Gasteiger partial charge in [0.1, 0.15) is 11.4 Å². The molecule has 0 bridgehead atoms. The topological polar surface area (TPSA) is 97.0 Å². The van der Waals surface area contributed by atoms with Crippen LogP contribution in [0.4, 0.5) is 15.3 Å². The van der Waals surface area contributed by atoms with Gasteiger partial charge in [-0.15, -0.1) is 0 Å². The fourth-order valence-electron chi connectivity index (χ4n) is 3.49. The number of hydrogen-bond acceptors (Lipinski definition) is 7. The molecule has 9 heteroatoms. The molecule has 162 valence electrons. The number of thioether (sulfide) groups is 1. The van der Waals surface area contributed by atoms with E-state index in [1.54, 1.807) is 13.2 Å². The summed E-state index contributed by atoms with van der Waals surface area (Å²) < 4.78 is 11.0. The van der Waals surface area contributed by atoms with Crippen molar-refractivity contribution in [3.8, 4) is 5.75 Å². The van der Waals surface area contributed by atoms with Crippen molar-refractivity contribution < 1.29 is 23.9 Å². The van der Waals surface area contributed by atoms with E-state index in [4.69, 9.17) is 9.47 Å². The van der Waals surface area contributed by atoms with Crippen LogP contribution in [-0.2, 0) is 9.53 Å². The van der Waals surface area contributed by atoms with Gasteiger partial charge in [0.15, 0.2) is 0 Å². The summed E-state index contributed by atoms with van der Waals surface area (Å²) >= 11 is 0.880. The van der Waals surface area contributed by atoms with E-state index >= 15 is 0 Å². The van der Waals surface area contributed by atoms with Crippen LogP contribution in [0.2, 0.25) is 0 Å². The van der Waals surface area contributed by atoms with Crippen LogP contribution in [0.1, 0.15) is 39.2 Å². The maximum absolute atomic E-state index is 12.2. The van der Waals surface area contributed by atoms with Gasteiger partial charge in [0.25, 0.3) is 11.1 Å². The standard InChI is InChI=1S/C21H27N3O5S/c1-21(2,3)29-19(26)22-14-8-6-10-24(12-14)17-13(7-5-9-15(17)28-4)11-16-18(25)23-20(27)30-16/h5,7,9,11,14H,6,8,10,12H2,1-4H3,(H,22,26)(H,23,25,27)/b16-11+. The normalized spacial score (nSPS) is 20.9. The van der Waals surface area contributed by atoms with Gasteiger partial charge in [-0.1, -0.05) is 12.1 Å². The van der Waals surface area contributed by atoms with E-state index in [2.05, 4.69) is 15.5 Å². The van der Waals surface area contributed by atoms with Gasteiger partial charge in [-0.2, -0.15) is 0 Å². The Morgan fingerprint density at radius 2 is 2.10 bits per heavy atom. The molecule has 2 saturated heterocycles. The predicted octanol–water partition coefficient (Wildman–Crippen LogP) is 3.51. The largest absolute Gasteiger partial charge is 0.495 e. The highest BCUT2D eigenvalue weighted by atomic mass is 32.2. The maximum Gasteiger partial charge on any atom is 0.407 e. The van der Waals surface area contributed by atoms with Crippen molar-refractivity contribution in [1.82, 2.24) is 10.6 Å². The van der Waals surface area contributed by atoms with Crippen LogP contribution in [-0.4, -0.2) is 49.1 Å². The second-order valence-electron chi connectivity index (χ2n) is 8.18. The molecule has 3 amide bonds. The number of carbonyl (C=O) groups is 3. The van der Waals surface area contributed by atoms with Gasteiger partial charge in [-0.3, -0.25) is 14.9 Å². The van der Waals surface area contributed by atoms with Crippen molar-refractivity contribution in [2.45, 2.75) is 45.3 Å². The lowest BCUT2D eigenvalue weighted by molar-refractivity contribution is -0.115. The quantitative estimate of drug-likeness (QED) is 0.701. The molecule has 30 heavy (non-hydrogen) atoms. The highest BCUT2D eigenvalue weighted by molar-refractivity contribution is 8.18. The molecule has 1 unspecified atom stereocenters. The van der Waals surface area contributed by atoms with Crippen LogP contribution in [0.25, 0.3) is 6.08 Å². The molecule has 2 heterocycles.